The van der Waals surface area contributed by atoms with Crippen molar-refractivity contribution in [1.29, 1.82) is 0 Å². The van der Waals surface area contributed by atoms with Crippen LogP contribution in [0.5, 0.6) is 5.75 Å². The molecule has 18 heavy (non-hydrogen) atoms. The standard InChI is InChI=1S/C14H17NO2S/c1-10(15)14(12-6-7-18-9-12)17-13-5-3-2-4-11(13)8-16/h2-7,9-10,14,16H,8,15H2,1H3. The van der Waals surface area contributed by atoms with E-state index in [1.54, 1.807) is 11.3 Å². The van der Waals surface area contributed by atoms with Gasteiger partial charge in [-0.25, -0.2) is 0 Å². The van der Waals surface area contributed by atoms with Gasteiger partial charge < -0.3 is 15.6 Å². The molecule has 0 bridgehead atoms. The van der Waals surface area contributed by atoms with Crippen molar-refractivity contribution in [3.05, 3.63) is 52.2 Å². The van der Waals surface area contributed by atoms with Crippen LogP contribution in [0.4, 0.5) is 0 Å². The normalized spacial score (nSPS) is 14.2. The first-order chi connectivity index (χ1) is 8.72. The number of hydrogen-bond donors (Lipinski definition) is 2. The monoisotopic (exact) mass is 263 g/mol. The van der Waals surface area contributed by atoms with Crippen LogP contribution in [-0.4, -0.2) is 11.1 Å². The molecule has 2 atom stereocenters. The maximum atomic E-state index is 9.29. The first-order valence-electron chi connectivity index (χ1n) is 5.85. The highest BCUT2D eigenvalue weighted by Gasteiger charge is 2.19. The minimum Gasteiger partial charge on any atom is -0.484 e. The lowest BCUT2D eigenvalue weighted by Crippen LogP contribution is -2.29. The van der Waals surface area contributed by atoms with Gasteiger partial charge in [0.2, 0.25) is 0 Å². The van der Waals surface area contributed by atoms with Gasteiger partial charge in [-0.05, 0) is 29.8 Å². The van der Waals surface area contributed by atoms with Crippen LogP contribution in [0.15, 0.2) is 41.1 Å². The van der Waals surface area contributed by atoms with Gasteiger partial charge in [0.05, 0.1) is 6.61 Å². The van der Waals surface area contributed by atoms with Gasteiger partial charge in [-0.2, -0.15) is 11.3 Å². The Kier molecular flexibility index (Phi) is 4.36. The van der Waals surface area contributed by atoms with Crippen molar-refractivity contribution in [3.63, 3.8) is 0 Å². The fourth-order valence-corrected chi connectivity index (χ4v) is 2.49. The highest BCUT2D eigenvalue weighted by atomic mass is 32.1. The molecule has 0 spiro atoms. The predicted molar refractivity (Wildman–Crippen MR) is 73.7 cm³/mol. The Morgan fingerprint density at radius 1 is 1.33 bits per heavy atom. The Hall–Kier alpha value is -1.36. The summed E-state index contributed by atoms with van der Waals surface area (Å²) in [7, 11) is 0. The highest BCUT2D eigenvalue weighted by molar-refractivity contribution is 7.07. The number of nitrogens with two attached hydrogens (primary N) is 1. The van der Waals surface area contributed by atoms with Crippen LogP contribution >= 0.6 is 11.3 Å². The van der Waals surface area contributed by atoms with Gasteiger partial charge >= 0.3 is 0 Å². The highest BCUT2D eigenvalue weighted by Crippen LogP contribution is 2.28. The first-order valence-corrected chi connectivity index (χ1v) is 6.79. The number of hydrogen-bond acceptors (Lipinski definition) is 4. The number of benzene rings is 1. The summed E-state index contributed by atoms with van der Waals surface area (Å²) in [5.74, 6) is 0.688. The average molecular weight is 263 g/mol. The fourth-order valence-electron chi connectivity index (χ4n) is 1.80. The Balaban J connectivity index is 2.24. The van der Waals surface area contributed by atoms with E-state index in [2.05, 4.69) is 0 Å². The summed E-state index contributed by atoms with van der Waals surface area (Å²) in [6.45, 7) is 1.88. The van der Waals surface area contributed by atoms with Crippen molar-refractivity contribution in [2.45, 2.75) is 25.7 Å². The lowest BCUT2D eigenvalue weighted by molar-refractivity contribution is 0.173. The van der Waals surface area contributed by atoms with Crippen LogP contribution in [0, 0.1) is 0 Å². The maximum Gasteiger partial charge on any atom is 0.139 e. The summed E-state index contributed by atoms with van der Waals surface area (Å²) in [5, 5.41) is 13.3. The Morgan fingerprint density at radius 2 is 2.11 bits per heavy atom. The molecule has 0 aliphatic rings. The summed E-state index contributed by atoms with van der Waals surface area (Å²) >= 11 is 1.62. The van der Waals surface area contributed by atoms with Crippen LogP contribution in [0.2, 0.25) is 0 Å². The van der Waals surface area contributed by atoms with E-state index in [0.717, 1.165) is 11.1 Å². The largest absolute Gasteiger partial charge is 0.484 e. The van der Waals surface area contributed by atoms with E-state index in [1.165, 1.54) is 0 Å². The van der Waals surface area contributed by atoms with E-state index < -0.39 is 0 Å². The van der Waals surface area contributed by atoms with Crippen molar-refractivity contribution in [1.82, 2.24) is 0 Å². The van der Waals surface area contributed by atoms with E-state index >= 15 is 0 Å². The Labute approximate surface area is 111 Å². The lowest BCUT2D eigenvalue weighted by Gasteiger charge is -2.23. The van der Waals surface area contributed by atoms with Gasteiger partial charge in [0.1, 0.15) is 11.9 Å². The number of para-hydroxylation sites is 1. The third-order valence-corrected chi connectivity index (χ3v) is 3.45. The molecule has 0 radical (unpaired) electrons. The quantitative estimate of drug-likeness (QED) is 0.872. The molecular weight excluding hydrogens is 246 g/mol. The number of ether oxygens (including phenoxy) is 1. The molecule has 96 valence electrons. The number of thiophene rings is 1. The second-order valence-electron chi connectivity index (χ2n) is 4.22. The molecule has 0 saturated heterocycles. The van der Waals surface area contributed by atoms with E-state index in [-0.39, 0.29) is 18.8 Å². The van der Waals surface area contributed by atoms with Crippen molar-refractivity contribution >= 4 is 11.3 Å². The maximum absolute atomic E-state index is 9.29. The molecule has 1 heterocycles. The van der Waals surface area contributed by atoms with Crippen LogP contribution in [-0.2, 0) is 6.61 Å². The summed E-state index contributed by atoms with van der Waals surface area (Å²) in [6, 6.07) is 9.37. The molecule has 2 rings (SSSR count). The molecule has 0 fully saturated rings. The third-order valence-electron chi connectivity index (χ3n) is 2.75. The van der Waals surface area contributed by atoms with Gasteiger partial charge in [0.25, 0.3) is 0 Å². The number of aliphatic hydroxyl groups is 1. The summed E-state index contributed by atoms with van der Waals surface area (Å²) in [6.07, 6.45) is -0.191. The molecule has 3 nitrogen and oxygen atoms in total. The number of aliphatic hydroxyl groups excluding tert-OH is 1. The molecule has 0 aliphatic heterocycles. The topological polar surface area (TPSA) is 55.5 Å². The second kappa shape index (κ2) is 6.00. The summed E-state index contributed by atoms with van der Waals surface area (Å²) in [4.78, 5) is 0. The minimum atomic E-state index is -0.191. The average Bonchev–Trinajstić information content (AvgIpc) is 2.89. The predicted octanol–water partition coefficient (Wildman–Crippen LogP) is 2.71. The SMILES string of the molecule is CC(N)C(Oc1ccccc1CO)c1ccsc1. The van der Waals surface area contributed by atoms with Crippen molar-refractivity contribution in [3.8, 4) is 5.75 Å². The van der Waals surface area contributed by atoms with Crippen LogP contribution in [0.1, 0.15) is 24.2 Å². The van der Waals surface area contributed by atoms with E-state index in [4.69, 9.17) is 10.5 Å². The molecule has 3 N–H and O–H groups in total. The van der Waals surface area contributed by atoms with Crippen molar-refractivity contribution < 1.29 is 9.84 Å². The van der Waals surface area contributed by atoms with Crippen molar-refractivity contribution in [2.24, 2.45) is 5.73 Å². The van der Waals surface area contributed by atoms with Gasteiger partial charge in [-0.3, -0.25) is 0 Å². The zero-order valence-electron chi connectivity index (χ0n) is 10.2. The second-order valence-corrected chi connectivity index (χ2v) is 5.00. The van der Waals surface area contributed by atoms with E-state index in [9.17, 15) is 5.11 Å². The van der Waals surface area contributed by atoms with Crippen LogP contribution < -0.4 is 10.5 Å². The Morgan fingerprint density at radius 3 is 2.72 bits per heavy atom. The zero-order valence-corrected chi connectivity index (χ0v) is 11.1. The Bertz CT molecular complexity index is 482. The molecule has 2 aromatic rings. The van der Waals surface area contributed by atoms with Crippen molar-refractivity contribution in [2.75, 3.05) is 0 Å². The van der Waals surface area contributed by atoms with Gasteiger partial charge in [-0.15, -0.1) is 0 Å². The molecule has 2 unspecified atom stereocenters. The van der Waals surface area contributed by atoms with Crippen LogP contribution in [0.25, 0.3) is 0 Å². The van der Waals surface area contributed by atoms with Gasteiger partial charge in [0, 0.05) is 17.2 Å². The molecule has 4 heteroatoms. The number of rotatable bonds is 5. The minimum absolute atomic E-state index is 0.0362. The van der Waals surface area contributed by atoms with Crippen LogP contribution in [0.3, 0.4) is 0 Å². The van der Waals surface area contributed by atoms with Gasteiger partial charge in [0.15, 0.2) is 0 Å². The molecular formula is C14H17NO2S. The zero-order chi connectivity index (χ0) is 13.0. The molecule has 0 saturated carbocycles. The smallest absolute Gasteiger partial charge is 0.139 e. The first kappa shape index (κ1) is 13.1. The molecule has 1 aromatic carbocycles. The summed E-state index contributed by atoms with van der Waals surface area (Å²) < 4.78 is 5.96. The third kappa shape index (κ3) is 2.90. The van der Waals surface area contributed by atoms with E-state index in [0.29, 0.717) is 5.75 Å². The molecule has 1 aromatic heterocycles. The summed E-state index contributed by atoms with van der Waals surface area (Å²) in [5.41, 5.74) is 7.83. The fraction of sp³-hybridized carbons (Fsp3) is 0.286. The lowest BCUT2D eigenvalue weighted by atomic mass is 10.1. The molecule has 0 amide bonds. The van der Waals surface area contributed by atoms with E-state index in [1.807, 2.05) is 48.0 Å². The molecule has 0 aliphatic carbocycles. The van der Waals surface area contributed by atoms with Gasteiger partial charge in [-0.1, -0.05) is 18.2 Å².